The molecular formula is C18H21ClN2O4. The SMILES string of the molecule is O=C(N[C@@H](C(=O)O)c1ccc(Cl)cc1)C1CCN(C(=O)C2CC2)CC1. The molecule has 1 aromatic carbocycles. The van der Waals surface area contributed by atoms with Gasteiger partial charge in [-0.05, 0) is 43.4 Å². The fraction of sp³-hybridized carbons (Fsp3) is 0.500. The first kappa shape index (κ1) is 17.7. The third-order valence-corrected chi connectivity index (χ3v) is 5.09. The van der Waals surface area contributed by atoms with E-state index < -0.39 is 12.0 Å². The number of carboxylic acids is 1. The number of hydrogen-bond donors (Lipinski definition) is 2. The van der Waals surface area contributed by atoms with Gasteiger partial charge in [0, 0.05) is 29.9 Å². The Morgan fingerprint density at radius 3 is 2.16 bits per heavy atom. The van der Waals surface area contributed by atoms with E-state index in [0.29, 0.717) is 36.5 Å². The van der Waals surface area contributed by atoms with Gasteiger partial charge in [0.25, 0.3) is 0 Å². The van der Waals surface area contributed by atoms with Crippen molar-refractivity contribution in [1.82, 2.24) is 10.2 Å². The lowest BCUT2D eigenvalue weighted by molar-refractivity contribution is -0.143. The van der Waals surface area contributed by atoms with Crippen molar-refractivity contribution in [3.8, 4) is 0 Å². The molecule has 0 unspecified atom stereocenters. The van der Waals surface area contributed by atoms with Crippen molar-refractivity contribution in [1.29, 1.82) is 0 Å². The van der Waals surface area contributed by atoms with E-state index in [1.807, 2.05) is 4.90 Å². The van der Waals surface area contributed by atoms with Crippen LogP contribution in [0.15, 0.2) is 24.3 Å². The lowest BCUT2D eigenvalue weighted by Gasteiger charge is -2.32. The molecule has 6 nitrogen and oxygen atoms in total. The van der Waals surface area contributed by atoms with E-state index in [1.54, 1.807) is 24.3 Å². The van der Waals surface area contributed by atoms with E-state index in [9.17, 15) is 19.5 Å². The van der Waals surface area contributed by atoms with E-state index in [0.717, 1.165) is 12.8 Å². The highest BCUT2D eigenvalue weighted by atomic mass is 35.5. The van der Waals surface area contributed by atoms with Crippen LogP contribution in [0.25, 0.3) is 0 Å². The molecule has 0 radical (unpaired) electrons. The van der Waals surface area contributed by atoms with Gasteiger partial charge in [0.1, 0.15) is 0 Å². The molecule has 1 atom stereocenters. The van der Waals surface area contributed by atoms with E-state index in [2.05, 4.69) is 5.32 Å². The number of carbonyl (C=O) groups is 3. The number of nitrogens with one attached hydrogen (secondary N) is 1. The smallest absolute Gasteiger partial charge is 0.330 e. The number of carbonyl (C=O) groups excluding carboxylic acids is 2. The average molecular weight is 365 g/mol. The first-order chi connectivity index (χ1) is 12.0. The molecule has 1 aliphatic heterocycles. The molecule has 0 aromatic heterocycles. The summed E-state index contributed by atoms with van der Waals surface area (Å²) >= 11 is 5.82. The topological polar surface area (TPSA) is 86.7 Å². The van der Waals surface area contributed by atoms with Crippen molar-refractivity contribution in [3.63, 3.8) is 0 Å². The van der Waals surface area contributed by atoms with E-state index in [-0.39, 0.29) is 23.7 Å². The van der Waals surface area contributed by atoms with Crippen LogP contribution in [0.1, 0.15) is 37.3 Å². The second kappa shape index (κ2) is 7.44. The molecule has 1 heterocycles. The second-order valence-corrected chi connectivity index (χ2v) is 7.14. The van der Waals surface area contributed by atoms with Gasteiger partial charge in [0.05, 0.1) is 0 Å². The van der Waals surface area contributed by atoms with Crippen molar-refractivity contribution >= 4 is 29.4 Å². The normalized spacial score (nSPS) is 19.3. The van der Waals surface area contributed by atoms with E-state index in [1.165, 1.54) is 0 Å². The predicted octanol–water partition coefficient (Wildman–Crippen LogP) is 2.23. The molecule has 0 spiro atoms. The summed E-state index contributed by atoms with van der Waals surface area (Å²) in [5.74, 6) is -1.27. The second-order valence-electron chi connectivity index (χ2n) is 6.71. The van der Waals surface area contributed by atoms with Crippen LogP contribution in [0.2, 0.25) is 5.02 Å². The minimum Gasteiger partial charge on any atom is -0.479 e. The lowest BCUT2D eigenvalue weighted by atomic mass is 9.94. The summed E-state index contributed by atoms with van der Waals surface area (Å²) < 4.78 is 0. The van der Waals surface area contributed by atoms with Crippen LogP contribution in [0, 0.1) is 11.8 Å². The maximum Gasteiger partial charge on any atom is 0.330 e. The minimum atomic E-state index is -1.11. The Morgan fingerprint density at radius 1 is 1.04 bits per heavy atom. The molecule has 1 aromatic rings. The van der Waals surface area contributed by atoms with Crippen molar-refractivity contribution < 1.29 is 19.5 Å². The van der Waals surface area contributed by atoms with Crippen LogP contribution < -0.4 is 5.32 Å². The van der Waals surface area contributed by atoms with Crippen molar-refractivity contribution in [2.75, 3.05) is 13.1 Å². The van der Waals surface area contributed by atoms with Crippen LogP contribution in [0.4, 0.5) is 0 Å². The average Bonchev–Trinajstić information content (AvgIpc) is 3.45. The highest BCUT2D eigenvalue weighted by Crippen LogP contribution is 2.32. The number of hydrogen-bond acceptors (Lipinski definition) is 3. The summed E-state index contributed by atoms with van der Waals surface area (Å²) in [7, 11) is 0. The summed E-state index contributed by atoms with van der Waals surface area (Å²) in [4.78, 5) is 37.9. The summed E-state index contributed by atoms with van der Waals surface area (Å²) in [6.45, 7) is 1.12. The Bertz CT molecular complexity index is 664. The van der Waals surface area contributed by atoms with Gasteiger partial charge in [-0.25, -0.2) is 4.79 Å². The summed E-state index contributed by atoms with van der Waals surface area (Å²) in [5, 5.41) is 12.5. The molecular weight excluding hydrogens is 344 g/mol. The number of halogens is 1. The molecule has 2 amide bonds. The molecule has 25 heavy (non-hydrogen) atoms. The fourth-order valence-electron chi connectivity index (χ4n) is 3.15. The first-order valence-electron chi connectivity index (χ1n) is 8.53. The van der Waals surface area contributed by atoms with Gasteiger partial charge in [0.15, 0.2) is 6.04 Å². The number of piperidine rings is 1. The predicted molar refractivity (Wildman–Crippen MR) is 92.0 cm³/mol. The number of benzene rings is 1. The third-order valence-electron chi connectivity index (χ3n) is 4.84. The zero-order valence-corrected chi connectivity index (χ0v) is 14.5. The minimum absolute atomic E-state index is 0.187. The van der Waals surface area contributed by atoms with Gasteiger partial charge in [0.2, 0.25) is 11.8 Å². The zero-order chi connectivity index (χ0) is 18.0. The van der Waals surface area contributed by atoms with Crippen molar-refractivity contribution in [2.45, 2.75) is 31.7 Å². The van der Waals surface area contributed by atoms with Crippen LogP contribution in [-0.4, -0.2) is 40.9 Å². The van der Waals surface area contributed by atoms with Gasteiger partial charge >= 0.3 is 5.97 Å². The summed E-state index contributed by atoms with van der Waals surface area (Å²) in [6.07, 6.45) is 3.08. The number of nitrogens with zero attached hydrogens (tertiary/aromatic N) is 1. The molecule has 3 rings (SSSR count). The highest BCUT2D eigenvalue weighted by molar-refractivity contribution is 6.30. The molecule has 2 N–H and O–H groups in total. The molecule has 134 valence electrons. The van der Waals surface area contributed by atoms with Gasteiger partial charge in [-0.15, -0.1) is 0 Å². The quantitative estimate of drug-likeness (QED) is 0.838. The molecule has 1 saturated heterocycles. The van der Waals surface area contributed by atoms with E-state index >= 15 is 0 Å². The maximum atomic E-state index is 12.5. The Kier molecular flexibility index (Phi) is 5.27. The number of likely N-dealkylation sites (tertiary alicyclic amines) is 1. The molecule has 1 saturated carbocycles. The summed E-state index contributed by atoms with van der Waals surface area (Å²) in [6, 6.07) is 5.29. The van der Waals surface area contributed by atoms with E-state index in [4.69, 9.17) is 11.6 Å². The fourth-order valence-corrected chi connectivity index (χ4v) is 3.28. The van der Waals surface area contributed by atoms with Gasteiger partial charge in [-0.2, -0.15) is 0 Å². The van der Waals surface area contributed by atoms with Crippen LogP contribution in [0.5, 0.6) is 0 Å². The van der Waals surface area contributed by atoms with Gasteiger partial charge in [-0.1, -0.05) is 23.7 Å². The third kappa shape index (κ3) is 4.31. The van der Waals surface area contributed by atoms with Crippen LogP contribution >= 0.6 is 11.6 Å². The number of carboxylic acid groups (broad SMARTS) is 1. The maximum absolute atomic E-state index is 12.5. The Morgan fingerprint density at radius 2 is 1.64 bits per heavy atom. The summed E-state index contributed by atoms with van der Waals surface area (Å²) in [5.41, 5.74) is 0.478. The molecule has 1 aliphatic carbocycles. The molecule has 2 fully saturated rings. The number of rotatable bonds is 5. The molecule has 2 aliphatic rings. The van der Waals surface area contributed by atoms with Gasteiger partial charge < -0.3 is 15.3 Å². The number of amides is 2. The zero-order valence-electron chi connectivity index (χ0n) is 13.8. The standard InChI is InChI=1S/C18H21ClN2O4/c19-14-5-3-11(4-6-14)15(18(24)25)20-16(22)12-7-9-21(10-8-12)17(23)13-1-2-13/h3-6,12-13,15H,1-2,7-10H2,(H,20,22)(H,24,25)/t15-/m1/s1. The van der Waals surface area contributed by atoms with Crippen molar-refractivity contribution in [2.24, 2.45) is 11.8 Å². The van der Waals surface area contributed by atoms with Crippen molar-refractivity contribution in [3.05, 3.63) is 34.9 Å². The Balaban J connectivity index is 1.57. The van der Waals surface area contributed by atoms with Crippen LogP contribution in [-0.2, 0) is 14.4 Å². The first-order valence-corrected chi connectivity index (χ1v) is 8.91. The largest absolute Gasteiger partial charge is 0.479 e. The molecule has 0 bridgehead atoms. The Labute approximate surface area is 151 Å². The Hall–Kier alpha value is -2.08. The van der Waals surface area contributed by atoms with Crippen LogP contribution in [0.3, 0.4) is 0 Å². The number of aliphatic carboxylic acids is 1. The lowest BCUT2D eigenvalue weighted by Crippen LogP contribution is -2.45. The molecule has 7 heteroatoms. The highest BCUT2D eigenvalue weighted by Gasteiger charge is 2.36. The van der Waals surface area contributed by atoms with Gasteiger partial charge in [-0.3, -0.25) is 9.59 Å². The monoisotopic (exact) mass is 364 g/mol.